The lowest BCUT2D eigenvalue weighted by Crippen LogP contribution is -2.60. The number of imidazole rings is 1. The highest BCUT2D eigenvalue weighted by atomic mass is 16.7. The number of esters is 2. The van der Waals surface area contributed by atoms with Gasteiger partial charge in [0.25, 0.3) is 0 Å². The normalized spacial score (nSPS) is 35.2. The first-order valence-corrected chi connectivity index (χ1v) is 17.7. The van der Waals surface area contributed by atoms with E-state index in [1.165, 1.54) is 38.6 Å². The second kappa shape index (κ2) is 17.7. The third-order valence-electron chi connectivity index (χ3n) is 9.95. The minimum Gasteiger partial charge on any atom is -0.457 e. The van der Waals surface area contributed by atoms with Crippen molar-refractivity contribution < 1.29 is 52.4 Å². The van der Waals surface area contributed by atoms with Crippen molar-refractivity contribution in [2.45, 2.75) is 130 Å². The SMILES string of the molecule is C#CCO[C@@]1(C)C[C@@H](C)C(=O)C(C)=C[C@](C)(OC(=O)n2ccnc2)[C@@H](CC)OC(=O)[C@H](C)C(=O)[C@H](C)C1OC1O[C@H](C)CC(N(C)C)C1OC(C)=O. The van der Waals surface area contributed by atoms with Crippen LogP contribution in [0.4, 0.5) is 4.79 Å². The third kappa shape index (κ3) is 9.95. The summed E-state index contributed by atoms with van der Waals surface area (Å²) >= 11 is 0. The zero-order valence-corrected chi connectivity index (χ0v) is 32.2. The fourth-order valence-corrected chi connectivity index (χ4v) is 7.25. The molecule has 0 amide bonds. The molecule has 0 N–H and O–H groups in total. The molecule has 3 heterocycles. The van der Waals surface area contributed by atoms with Crippen molar-refractivity contribution in [2.75, 3.05) is 20.7 Å². The molecule has 0 spiro atoms. The number of carbonyl (C=O) groups is 5. The maximum Gasteiger partial charge on any atom is 0.420 e. The summed E-state index contributed by atoms with van der Waals surface area (Å²) in [6, 6.07) is -0.301. The second-order valence-corrected chi connectivity index (χ2v) is 14.6. The molecular formula is C38H55N3O11. The quantitative estimate of drug-likeness (QED) is 0.163. The van der Waals surface area contributed by atoms with Crippen LogP contribution in [-0.4, -0.2) is 113 Å². The molecule has 1 fully saturated rings. The number of hydrogen-bond acceptors (Lipinski definition) is 13. The van der Waals surface area contributed by atoms with Gasteiger partial charge in [-0.15, -0.1) is 6.42 Å². The van der Waals surface area contributed by atoms with E-state index in [-0.39, 0.29) is 43.0 Å². The maximum atomic E-state index is 14.3. The van der Waals surface area contributed by atoms with Crippen molar-refractivity contribution in [3.63, 3.8) is 0 Å². The summed E-state index contributed by atoms with van der Waals surface area (Å²) in [6.07, 6.45) is 6.49. The molecule has 3 rings (SSSR count). The summed E-state index contributed by atoms with van der Waals surface area (Å²) in [5.74, 6) is -2.92. The number of rotatable bonds is 8. The number of cyclic esters (lactones) is 1. The van der Waals surface area contributed by atoms with E-state index in [0.29, 0.717) is 6.42 Å². The summed E-state index contributed by atoms with van der Waals surface area (Å²) in [6.45, 7) is 14.3. The summed E-state index contributed by atoms with van der Waals surface area (Å²) in [5.41, 5.74) is -2.81. The zero-order valence-electron chi connectivity index (χ0n) is 32.2. The lowest BCUT2D eigenvalue weighted by molar-refractivity contribution is -0.299. The van der Waals surface area contributed by atoms with Gasteiger partial charge in [0.1, 0.15) is 25.0 Å². The highest BCUT2D eigenvalue weighted by Gasteiger charge is 2.51. The van der Waals surface area contributed by atoms with Crippen molar-refractivity contribution >= 4 is 29.6 Å². The van der Waals surface area contributed by atoms with E-state index in [4.69, 9.17) is 34.8 Å². The van der Waals surface area contributed by atoms with Crippen molar-refractivity contribution in [3.05, 3.63) is 30.4 Å². The van der Waals surface area contributed by atoms with Gasteiger partial charge >= 0.3 is 18.0 Å². The molecule has 0 radical (unpaired) electrons. The highest BCUT2D eigenvalue weighted by molar-refractivity contribution is 6.00. The summed E-state index contributed by atoms with van der Waals surface area (Å²) < 4.78 is 38.0. The van der Waals surface area contributed by atoms with Crippen LogP contribution in [-0.2, 0) is 47.6 Å². The number of hydrogen-bond donors (Lipinski definition) is 0. The van der Waals surface area contributed by atoms with E-state index in [1.807, 2.05) is 25.9 Å². The van der Waals surface area contributed by atoms with Crippen LogP contribution in [0.25, 0.3) is 0 Å². The van der Waals surface area contributed by atoms with Crippen LogP contribution in [0.1, 0.15) is 81.6 Å². The lowest BCUT2D eigenvalue weighted by atomic mass is 9.76. The molecule has 2 aliphatic rings. The number of ketones is 2. The molecule has 4 unspecified atom stereocenters. The van der Waals surface area contributed by atoms with E-state index >= 15 is 0 Å². The number of allylic oxidation sites excluding steroid dienone is 1. The van der Waals surface area contributed by atoms with E-state index in [0.717, 1.165) is 4.57 Å². The topological polar surface area (TPSA) is 162 Å². The average molecular weight is 730 g/mol. The lowest BCUT2D eigenvalue weighted by Gasteiger charge is -2.47. The molecule has 0 aromatic carbocycles. The van der Waals surface area contributed by atoms with E-state index in [2.05, 4.69) is 10.9 Å². The van der Waals surface area contributed by atoms with Crippen molar-refractivity contribution in [1.82, 2.24) is 14.5 Å². The Morgan fingerprint density at radius 1 is 1.15 bits per heavy atom. The molecule has 1 aromatic heterocycles. The third-order valence-corrected chi connectivity index (χ3v) is 9.95. The van der Waals surface area contributed by atoms with E-state index in [1.54, 1.807) is 41.5 Å². The Bertz CT molecular complexity index is 1520. The predicted octanol–water partition coefficient (Wildman–Crippen LogP) is 4.14. The van der Waals surface area contributed by atoms with Crippen LogP contribution < -0.4 is 0 Å². The van der Waals surface area contributed by atoms with E-state index in [9.17, 15) is 24.0 Å². The van der Waals surface area contributed by atoms with Gasteiger partial charge in [0.15, 0.2) is 29.6 Å². The Kier molecular flexibility index (Phi) is 14.5. The zero-order chi connectivity index (χ0) is 39.1. The molecule has 14 nitrogen and oxygen atoms in total. The van der Waals surface area contributed by atoms with Gasteiger partial charge in [-0.05, 0) is 79.6 Å². The Balaban J connectivity index is 2.19. The fraction of sp³-hybridized carbons (Fsp3) is 0.684. The first kappa shape index (κ1) is 42.5. The van der Waals surface area contributed by atoms with Crippen LogP contribution >= 0.6 is 0 Å². The van der Waals surface area contributed by atoms with E-state index < -0.39 is 77.4 Å². The van der Waals surface area contributed by atoms with Crippen molar-refractivity contribution in [3.8, 4) is 12.3 Å². The van der Waals surface area contributed by atoms with Gasteiger partial charge in [-0.1, -0.05) is 26.7 Å². The number of terminal acetylenes is 1. The fourth-order valence-electron chi connectivity index (χ4n) is 7.25. The number of aromatic nitrogens is 2. The Labute approximate surface area is 306 Å². The molecule has 1 aromatic rings. The largest absolute Gasteiger partial charge is 0.457 e. The van der Waals surface area contributed by atoms with Crippen LogP contribution in [0, 0.1) is 30.1 Å². The molecule has 2 aliphatic heterocycles. The number of Topliss-reactive ketones (excluding diaryl/α,β-unsaturated/α-hetero) is 2. The van der Waals surface area contributed by atoms with Crippen molar-refractivity contribution in [2.24, 2.45) is 17.8 Å². The maximum absolute atomic E-state index is 14.3. The minimum absolute atomic E-state index is 0.0141. The molecule has 0 aliphatic carbocycles. The Morgan fingerprint density at radius 3 is 2.38 bits per heavy atom. The molecule has 0 bridgehead atoms. The minimum atomic E-state index is -1.62. The van der Waals surface area contributed by atoms with Gasteiger partial charge in [-0.3, -0.25) is 19.2 Å². The summed E-state index contributed by atoms with van der Waals surface area (Å²) in [5, 5.41) is 0. The van der Waals surface area contributed by atoms with Gasteiger partial charge in [-0.2, -0.15) is 0 Å². The first-order valence-electron chi connectivity index (χ1n) is 17.7. The molecule has 0 saturated carbocycles. The number of carbonyl (C=O) groups excluding carboxylic acids is 5. The van der Waals surface area contributed by atoms with Crippen LogP contribution in [0.15, 0.2) is 30.4 Å². The highest BCUT2D eigenvalue weighted by Crippen LogP contribution is 2.38. The number of ether oxygens (including phenoxy) is 6. The van der Waals surface area contributed by atoms with Gasteiger partial charge < -0.3 is 33.3 Å². The smallest absolute Gasteiger partial charge is 0.420 e. The predicted molar refractivity (Wildman–Crippen MR) is 189 cm³/mol. The molecular weight excluding hydrogens is 674 g/mol. The molecule has 1 saturated heterocycles. The Hall–Kier alpha value is -3.90. The summed E-state index contributed by atoms with van der Waals surface area (Å²) in [4.78, 5) is 73.6. The number of likely N-dealkylation sites (N-methyl/N-ethyl adjacent to an activating group) is 1. The molecule has 52 heavy (non-hydrogen) atoms. The molecule has 11 atom stereocenters. The van der Waals surface area contributed by atoms with Gasteiger partial charge in [0.2, 0.25) is 0 Å². The van der Waals surface area contributed by atoms with Crippen molar-refractivity contribution in [1.29, 1.82) is 0 Å². The average Bonchev–Trinajstić information content (AvgIpc) is 3.62. The van der Waals surface area contributed by atoms with Gasteiger partial charge in [-0.25, -0.2) is 14.3 Å². The molecule has 288 valence electrons. The summed E-state index contributed by atoms with van der Waals surface area (Å²) in [7, 11) is 3.71. The van der Waals surface area contributed by atoms with Crippen LogP contribution in [0.2, 0.25) is 0 Å². The van der Waals surface area contributed by atoms with Crippen LogP contribution in [0.5, 0.6) is 0 Å². The first-order chi connectivity index (χ1) is 24.3. The second-order valence-electron chi connectivity index (χ2n) is 14.6. The standard InChI is InChI=1S/C38H55N3O11/c1-13-17-47-38(10)20-23(4)30(43)22(3)19-37(9,52-36(46)41-16-15-39-21-41)29(14-2)50-34(45)26(7)31(44)25(6)33(38)51-35-32(49-27(8)42)28(40(11)12)18-24(5)48-35/h1,15-16,19,21,23-26,28-29,32-33,35H,14,17-18,20H2,2-12H3/t23-,24-,25+,26-,28?,29-,32?,33?,35?,37+,38+/m1/s1. The van der Waals surface area contributed by atoms with Crippen LogP contribution in [0.3, 0.4) is 0 Å². The number of nitrogens with zero attached hydrogens (tertiary/aromatic N) is 3. The Morgan fingerprint density at radius 2 is 1.83 bits per heavy atom. The molecule has 14 heteroatoms. The monoisotopic (exact) mass is 729 g/mol. The van der Waals surface area contributed by atoms with Gasteiger partial charge in [0.05, 0.1) is 23.9 Å². The van der Waals surface area contributed by atoms with Gasteiger partial charge in [0, 0.05) is 31.2 Å².